The van der Waals surface area contributed by atoms with Crippen LogP contribution >= 0.6 is 23.2 Å². The van der Waals surface area contributed by atoms with Crippen LogP contribution in [0.4, 0.5) is 13.2 Å². The molecule has 28 heavy (non-hydrogen) atoms. The molecule has 148 valence electrons. The maximum atomic E-state index is 12.4. The lowest BCUT2D eigenvalue weighted by Gasteiger charge is -2.17. The van der Waals surface area contributed by atoms with Gasteiger partial charge in [-0.05, 0) is 30.3 Å². The molecule has 2 N–H and O–H groups in total. The number of carboxylic acids is 1. The summed E-state index contributed by atoms with van der Waals surface area (Å²) in [4.78, 5) is 11.3. The Hall–Kier alpha value is -2.42. The average molecular weight is 434 g/mol. The Kier molecular flexibility index (Phi) is 5.22. The zero-order chi connectivity index (χ0) is 20.8. The van der Waals surface area contributed by atoms with Crippen LogP contribution in [0.5, 0.6) is 5.75 Å². The standard InChI is InChI=1S/C18H12Cl2F3NO4/c1-24-12-7-9(28-18(21,22)23)3-2-8(12)6-13(24)16(25)14-11(19)5-4-10(15(14)20)17(26)27/h2-7,16,25H,1H3,(H,26,27). The van der Waals surface area contributed by atoms with E-state index in [0.717, 1.165) is 6.07 Å². The predicted molar refractivity (Wildman–Crippen MR) is 97.1 cm³/mol. The van der Waals surface area contributed by atoms with E-state index in [1.54, 1.807) is 0 Å². The highest BCUT2D eigenvalue weighted by Gasteiger charge is 2.31. The van der Waals surface area contributed by atoms with Gasteiger partial charge < -0.3 is 19.5 Å². The Balaban J connectivity index is 2.10. The summed E-state index contributed by atoms with van der Waals surface area (Å²) in [6.45, 7) is 0. The van der Waals surface area contributed by atoms with Crippen molar-refractivity contribution in [1.29, 1.82) is 0 Å². The van der Waals surface area contributed by atoms with Gasteiger partial charge in [-0.15, -0.1) is 13.2 Å². The number of aromatic nitrogens is 1. The van der Waals surface area contributed by atoms with Crippen LogP contribution in [0.2, 0.25) is 10.0 Å². The van der Waals surface area contributed by atoms with Gasteiger partial charge in [0.05, 0.1) is 21.8 Å². The molecule has 0 radical (unpaired) electrons. The Morgan fingerprint density at radius 1 is 1.18 bits per heavy atom. The Labute approximate surface area is 166 Å². The zero-order valence-corrected chi connectivity index (χ0v) is 15.6. The summed E-state index contributed by atoms with van der Waals surface area (Å²) in [6.07, 6.45) is -6.25. The number of hydrogen-bond donors (Lipinski definition) is 2. The number of aryl methyl sites for hydroxylation is 1. The largest absolute Gasteiger partial charge is 0.573 e. The summed E-state index contributed by atoms with van der Waals surface area (Å²) < 4.78 is 42.7. The number of nitrogens with zero attached hydrogens (tertiary/aromatic N) is 1. The third-order valence-corrected chi connectivity index (χ3v) is 4.93. The molecule has 0 aliphatic rings. The molecule has 0 amide bonds. The number of rotatable bonds is 4. The van der Waals surface area contributed by atoms with Crippen molar-refractivity contribution in [3.8, 4) is 5.75 Å². The number of carboxylic acid groups (broad SMARTS) is 1. The summed E-state index contributed by atoms with van der Waals surface area (Å²) >= 11 is 12.2. The van der Waals surface area contributed by atoms with Gasteiger partial charge in [0, 0.05) is 29.1 Å². The molecule has 0 saturated heterocycles. The Bertz CT molecular complexity index is 1080. The number of alkyl halides is 3. The molecule has 0 aliphatic heterocycles. The van der Waals surface area contributed by atoms with Crippen LogP contribution in [0, 0.1) is 0 Å². The third kappa shape index (κ3) is 3.76. The van der Waals surface area contributed by atoms with Crippen molar-refractivity contribution in [3.05, 3.63) is 63.3 Å². The summed E-state index contributed by atoms with van der Waals surface area (Å²) in [6, 6.07) is 7.78. The lowest BCUT2D eigenvalue weighted by atomic mass is 10.0. The zero-order valence-electron chi connectivity index (χ0n) is 14.1. The SMILES string of the molecule is Cn1c(C(O)c2c(Cl)ccc(C(=O)O)c2Cl)cc2ccc(OC(F)(F)F)cc21. The van der Waals surface area contributed by atoms with E-state index < -0.39 is 24.2 Å². The number of aliphatic hydroxyl groups excluding tert-OH is 1. The van der Waals surface area contributed by atoms with E-state index in [-0.39, 0.29) is 26.9 Å². The van der Waals surface area contributed by atoms with Gasteiger partial charge in [-0.25, -0.2) is 4.79 Å². The first-order valence-corrected chi connectivity index (χ1v) is 8.49. The van der Waals surface area contributed by atoms with E-state index in [4.69, 9.17) is 23.2 Å². The lowest BCUT2D eigenvalue weighted by Crippen LogP contribution is -2.17. The van der Waals surface area contributed by atoms with Crippen LogP contribution in [-0.2, 0) is 7.05 Å². The van der Waals surface area contributed by atoms with E-state index >= 15 is 0 Å². The molecule has 1 atom stereocenters. The van der Waals surface area contributed by atoms with Crippen LogP contribution in [0.3, 0.4) is 0 Å². The molecule has 1 heterocycles. The van der Waals surface area contributed by atoms with Gasteiger partial charge in [-0.1, -0.05) is 23.2 Å². The molecule has 10 heteroatoms. The van der Waals surface area contributed by atoms with Crippen LogP contribution < -0.4 is 4.74 Å². The number of ether oxygens (including phenoxy) is 1. The monoisotopic (exact) mass is 433 g/mol. The van der Waals surface area contributed by atoms with Gasteiger partial charge in [0.2, 0.25) is 0 Å². The average Bonchev–Trinajstić information content (AvgIpc) is 2.89. The summed E-state index contributed by atoms with van der Waals surface area (Å²) in [5.74, 6) is -1.70. The first-order valence-electron chi connectivity index (χ1n) is 7.74. The van der Waals surface area contributed by atoms with Crippen molar-refractivity contribution in [2.75, 3.05) is 0 Å². The molecule has 0 aliphatic carbocycles. The minimum Gasteiger partial charge on any atom is -0.478 e. The Morgan fingerprint density at radius 3 is 2.46 bits per heavy atom. The number of aromatic carboxylic acids is 1. The second kappa shape index (κ2) is 7.20. The highest BCUT2D eigenvalue weighted by atomic mass is 35.5. The third-order valence-electron chi connectivity index (χ3n) is 4.20. The number of fused-ring (bicyclic) bond motifs is 1. The number of benzene rings is 2. The van der Waals surface area contributed by atoms with Crippen LogP contribution in [0.1, 0.15) is 27.7 Å². The smallest absolute Gasteiger partial charge is 0.478 e. The highest BCUT2D eigenvalue weighted by molar-refractivity contribution is 6.38. The molecule has 1 unspecified atom stereocenters. The number of carbonyl (C=O) groups is 1. The maximum Gasteiger partial charge on any atom is 0.573 e. The molecule has 1 aromatic heterocycles. The van der Waals surface area contributed by atoms with E-state index in [1.165, 1.54) is 41.9 Å². The summed E-state index contributed by atoms with van der Waals surface area (Å²) in [5, 5.41) is 20.4. The lowest BCUT2D eigenvalue weighted by molar-refractivity contribution is -0.274. The summed E-state index contributed by atoms with van der Waals surface area (Å²) in [5.41, 5.74) is 0.364. The van der Waals surface area contributed by atoms with Gasteiger partial charge in [0.25, 0.3) is 0 Å². The first kappa shape index (κ1) is 20.3. The molecular weight excluding hydrogens is 422 g/mol. The topological polar surface area (TPSA) is 71.7 Å². The minimum atomic E-state index is -4.83. The van der Waals surface area contributed by atoms with Gasteiger partial charge in [0.1, 0.15) is 11.9 Å². The van der Waals surface area contributed by atoms with E-state index in [0.29, 0.717) is 10.9 Å². The van der Waals surface area contributed by atoms with Gasteiger partial charge >= 0.3 is 12.3 Å². The molecule has 0 fully saturated rings. The van der Waals surface area contributed by atoms with E-state index in [2.05, 4.69) is 4.74 Å². The molecule has 3 aromatic rings. The van der Waals surface area contributed by atoms with Crippen molar-refractivity contribution in [2.45, 2.75) is 12.5 Å². The first-order chi connectivity index (χ1) is 13.0. The van der Waals surface area contributed by atoms with Crippen LogP contribution in [-0.4, -0.2) is 27.1 Å². The minimum absolute atomic E-state index is 0.0131. The predicted octanol–water partition coefficient (Wildman–Crippen LogP) is 5.16. The number of aliphatic hydroxyl groups is 1. The molecule has 2 aromatic carbocycles. The highest BCUT2D eigenvalue weighted by Crippen LogP contribution is 2.38. The molecule has 0 spiro atoms. The fourth-order valence-electron chi connectivity index (χ4n) is 2.92. The second-order valence-corrected chi connectivity index (χ2v) is 6.71. The maximum absolute atomic E-state index is 12.4. The quantitative estimate of drug-likeness (QED) is 0.595. The van der Waals surface area contributed by atoms with Crippen molar-refractivity contribution in [2.24, 2.45) is 7.05 Å². The van der Waals surface area contributed by atoms with Crippen molar-refractivity contribution < 1.29 is 32.9 Å². The summed E-state index contributed by atoms with van der Waals surface area (Å²) in [7, 11) is 1.53. The fourth-order valence-corrected chi connectivity index (χ4v) is 3.58. The molecule has 5 nitrogen and oxygen atoms in total. The number of hydrogen-bond acceptors (Lipinski definition) is 3. The fraction of sp³-hybridized carbons (Fsp3) is 0.167. The number of halogens is 5. The molecule has 0 bridgehead atoms. The van der Waals surface area contributed by atoms with Gasteiger partial charge in [-0.3, -0.25) is 0 Å². The molecular formula is C18H12Cl2F3NO4. The Morgan fingerprint density at radius 2 is 1.86 bits per heavy atom. The second-order valence-electron chi connectivity index (χ2n) is 5.93. The van der Waals surface area contributed by atoms with Gasteiger partial charge in [0.15, 0.2) is 0 Å². The van der Waals surface area contributed by atoms with E-state index in [9.17, 15) is 28.2 Å². The molecule has 0 saturated carbocycles. The van der Waals surface area contributed by atoms with Crippen LogP contribution in [0.25, 0.3) is 10.9 Å². The van der Waals surface area contributed by atoms with Crippen molar-refractivity contribution in [1.82, 2.24) is 4.57 Å². The molecule has 3 rings (SSSR count). The van der Waals surface area contributed by atoms with Crippen LogP contribution in [0.15, 0.2) is 36.4 Å². The van der Waals surface area contributed by atoms with E-state index in [1.807, 2.05) is 0 Å². The van der Waals surface area contributed by atoms with Gasteiger partial charge in [-0.2, -0.15) is 0 Å². The normalized spacial score (nSPS) is 13.0. The van der Waals surface area contributed by atoms with Crippen molar-refractivity contribution in [3.63, 3.8) is 0 Å². The van der Waals surface area contributed by atoms with Crippen molar-refractivity contribution >= 4 is 40.1 Å².